The molecule has 0 radical (unpaired) electrons. The van der Waals surface area contributed by atoms with E-state index in [0.717, 1.165) is 16.3 Å². The van der Waals surface area contributed by atoms with Crippen LogP contribution in [0.25, 0.3) is 27.8 Å². The first kappa shape index (κ1) is 16.8. The highest BCUT2D eigenvalue weighted by molar-refractivity contribution is 6.04. The Kier molecular flexibility index (Phi) is 4.02. The fraction of sp³-hybridized carbons (Fsp3) is 0. The normalized spacial score (nSPS) is 10.9. The molecule has 0 unspecified atom stereocenters. The van der Waals surface area contributed by atoms with Gasteiger partial charge in [-0.3, -0.25) is 9.89 Å². The van der Waals surface area contributed by atoms with E-state index in [9.17, 15) is 4.79 Å². The summed E-state index contributed by atoms with van der Waals surface area (Å²) in [6.45, 7) is 0. The van der Waals surface area contributed by atoms with Crippen LogP contribution in [0.1, 0.15) is 10.5 Å². The van der Waals surface area contributed by atoms with E-state index in [0.29, 0.717) is 23.0 Å². The van der Waals surface area contributed by atoms with Crippen molar-refractivity contribution in [2.75, 3.05) is 5.32 Å². The molecule has 0 aliphatic carbocycles. The Morgan fingerprint density at radius 3 is 2.79 bits per heavy atom. The summed E-state index contributed by atoms with van der Waals surface area (Å²) in [5.41, 5.74) is 1.97. The third kappa shape index (κ3) is 3.21. The molecule has 1 amide bonds. The van der Waals surface area contributed by atoms with Crippen LogP contribution in [0.5, 0.6) is 0 Å². The van der Waals surface area contributed by atoms with Gasteiger partial charge < -0.3 is 5.32 Å². The average Bonchev–Trinajstić information content (AvgIpc) is 3.46. The fourth-order valence-corrected chi connectivity index (χ4v) is 3.08. The first-order chi connectivity index (χ1) is 14.3. The first-order valence-electron chi connectivity index (χ1n) is 8.80. The quantitative estimate of drug-likeness (QED) is 0.494. The smallest absolute Gasteiger partial charge is 0.274 e. The molecule has 0 atom stereocenters. The lowest BCUT2D eigenvalue weighted by molar-refractivity contribution is 0.102. The summed E-state index contributed by atoms with van der Waals surface area (Å²) in [5.74, 6) is 0.484. The molecule has 2 aromatic carbocycles. The van der Waals surface area contributed by atoms with Crippen molar-refractivity contribution in [2.24, 2.45) is 0 Å². The Labute approximate surface area is 164 Å². The molecule has 0 spiro atoms. The molecule has 3 heterocycles. The first-order valence-corrected chi connectivity index (χ1v) is 8.80. The highest BCUT2D eigenvalue weighted by Crippen LogP contribution is 2.27. The number of carbonyl (C=O) groups excluding carboxylic acids is 1. The molecule has 2 N–H and O–H groups in total. The summed E-state index contributed by atoms with van der Waals surface area (Å²) >= 11 is 0. The van der Waals surface area contributed by atoms with Crippen molar-refractivity contribution in [3.8, 4) is 17.1 Å². The molecule has 29 heavy (non-hydrogen) atoms. The highest BCUT2D eigenvalue weighted by atomic mass is 16.2. The fourth-order valence-electron chi connectivity index (χ4n) is 3.08. The number of H-pyrrole nitrogens is 1. The van der Waals surface area contributed by atoms with Gasteiger partial charge in [-0.25, -0.2) is 19.6 Å². The number of fused-ring (bicyclic) bond motifs is 1. The summed E-state index contributed by atoms with van der Waals surface area (Å²) in [4.78, 5) is 24.7. The van der Waals surface area contributed by atoms with E-state index in [4.69, 9.17) is 0 Å². The highest BCUT2D eigenvalue weighted by Gasteiger charge is 2.14. The van der Waals surface area contributed by atoms with Crippen LogP contribution in [0.2, 0.25) is 0 Å². The summed E-state index contributed by atoms with van der Waals surface area (Å²) < 4.78 is 1.48. The van der Waals surface area contributed by atoms with Crippen molar-refractivity contribution >= 4 is 22.5 Å². The van der Waals surface area contributed by atoms with Crippen LogP contribution in [0.4, 0.5) is 5.82 Å². The number of anilines is 1. The second-order valence-electron chi connectivity index (χ2n) is 6.25. The third-order valence-corrected chi connectivity index (χ3v) is 4.44. The van der Waals surface area contributed by atoms with Crippen LogP contribution in [-0.4, -0.2) is 40.8 Å². The van der Waals surface area contributed by atoms with E-state index in [1.807, 2.05) is 42.5 Å². The molecule has 0 bridgehead atoms. The Morgan fingerprint density at radius 1 is 1.00 bits per heavy atom. The van der Waals surface area contributed by atoms with Crippen molar-refractivity contribution < 1.29 is 4.79 Å². The zero-order chi connectivity index (χ0) is 19.6. The predicted molar refractivity (Wildman–Crippen MR) is 106 cm³/mol. The van der Waals surface area contributed by atoms with Gasteiger partial charge in [0.05, 0.1) is 5.69 Å². The zero-order valence-corrected chi connectivity index (χ0v) is 15.0. The maximum absolute atomic E-state index is 12.6. The Hall–Kier alpha value is -4.40. The third-order valence-electron chi connectivity index (χ3n) is 4.44. The number of amides is 1. The minimum atomic E-state index is -0.354. The monoisotopic (exact) mass is 382 g/mol. The molecule has 9 heteroatoms. The average molecular weight is 382 g/mol. The molecule has 0 saturated heterocycles. The molecular weight excluding hydrogens is 368 g/mol. The van der Waals surface area contributed by atoms with E-state index < -0.39 is 0 Å². The van der Waals surface area contributed by atoms with Crippen molar-refractivity contribution in [3.05, 3.63) is 79.3 Å². The summed E-state index contributed by atoms with van der Waals surface area (Å²) in [6.07, 6.45) is 4.26. The Morgan fingerprint density at radius 2 is 1.90 bits per heavy atom. The molecule has 5 rings (SSSR count). The summed E-state index contributed by atoms with van der Waals surface area (Å²) in [7, 11) is 0. The molecule has 0 fully saturated rings. The van der Waals surface area contributed by atoms with Gasteiger partial charge in [0.25, 0.3) is 5.91 Å². The van der Waals surface area contributed by atoms with Crippen molar-refractivity contribution in [1.82, 2.24) is 34.9 Å². The van der Waals surface area contributed by atoms with Gasteiger partial charge in [-0.05, 0) is 16.8 Å². The van der Waals surface area contributed by atoms with Crippen LogP contribution in [-0.2, 0) is 0 Å². The van der Waals surface area contributed by atoms with E-state index in [-0.39, 0.29) is 5.91 Å². The second-order valence-corrected chi connectivity index (χ2v) is 6.25. The van der Waals surface area contributed by atoms with Crippen molar-refractivity contribution in [2.45, 2.75) is 0 Å². The number of rotatable bonds is 4. The number of hydrogen-bond acceptors (Lipinski definition) is 6. The van der Waals surface area contributed by atoms with Gasteiger partial charge in [0, 0.05) is 11.6 Å². The van der Waals surface area contributed by atoms with Gasteiger partial charge in [0.15, 0.2) is 5.82 Å². The molecule has 0 aliphatic rings. The van der Waals surface area contributed by atoms with Crippen LogP contribution < -0.4 is 5.32 Å². The molecule has 5 aromatic rings. The minimum absolute atomic E-state index is 0.328. The van der Waals surface area contributed by atoms with E-state index in [2.05, 4.69) is 35.6 Å². The van der Waals surface area contributed by atoms with Gasteiger partial charge in [-0.1, -0.05) is 42.5 Å². The van der Waals surface area contributed by atoms with Crippen molar-refractivity contribution in [1.29, 1.82) is 0 Å². The maximum Gasteiger partial charge on any atom is 0.274 e. The van der Waals surface area contributed by atoms with Crippen LogP contribution in [0.15, 0.2) is 73.6 Å². The SMILES string of the molecule is O=C(Nc1cc(-n2cncn2)ncn1)c1cc(-c2cccc3ccccc23)n[nH]1. The van der Waals surface area contributed by atoms with Gasteiger partial charge in [0.2, 0.25) is 0 Å². The summed E-state index contributed by atoms with van der Waals surface area (Å²) in [5, 5.41) is 16.1. The number of aromatic nitrogens is 7. The van der Waals surface area contributed by atoms with Crippen LogP contribution >= 0.6 is 0 Å². The molecule has 9 nitrogen and oxygen atoms in total. The molecule has 140 valence electrons. The Balaban J connectivity index is 1.41. The number of nitrogens with zero attached hydrogens (tertiary/aromatic N) is 6. The van der Waals surface area contributed by atoms with Gasteiger partial charge >= 0.3 is 0 Å². The Bertz CT molecular complexity index is 1300. The van der Waals surface area contributed by atoms with Crippen LogP contribution in [0.3, 0.4) is 0 Å². The standard InChI is InChI=1S/C20H14N8O/c29-20(25-18-9-19(23-11-22-18)28-12-21-10-24-28)17-8-16(26-27-17)15-7-3-5-13-4-1-2-6-14(13)15/h1-12H,(H,26,27)(H,22,23,25,29). The number of carbonyl (C=O) groups is 1. The van der Waals surface area contributed by atoms with Crippen LogP contribution in [0, 0.1) is 0 Å². The van der Waals surface area contributed by atoms with E-state index in [1.54, 1.807) is 12.1 Å². The molecular formula is C20H14N8O. The van der Waals surface area contributed by atoms with Gasteiger partial charge in [-0.15, -0.1) is 0 Å². The molecule has 3 aromatic heterocycles. The zero-order valence-electron chi connectivity index (χ0n) is 15.0. The predicted octanol–water partition coefficient (Wildman–Crippen LogP) is 2.85. The molecule has 0 saturated carbocycles. The van der Waals surface area contributed by atoms with E-state index in [1.165, 1.54) is 23.7 Å². The number of benzene rings is 2. The van der Waals surface area contributed by atoms with Gasteiger partial charge in [-0.2, -0.15) is 10.2 Å². The lowest BCUT2D eigenvalue weighted by atomic mass is 10.0. The topological polar surface area (TPSA) is 114 Å². The lowest BCUT2D eigenvalue weighted by Crippen LogP contribution is -2.14. The molecule has 0 aliphatic heterocycles. The minimum Gasteiger partial charge on any atom is -0.305 e. The maximum atomic E-state index is 12.6. The lowest BCUT2D eigenvalue weighted by Gasteiger charge is -2.04. The summed E-state index contributed by atoms with van der Waals surface area (Å²) in [6, 6.07) is 17.4. The second kappa shape index (κ2) is 6.97. The number of aromatic amines is 1. The largest absolute Gasteiger partial charge is 0.305 e. The van der Waals surface area contributed by atoms with Crippen molar-refractivity contribution in [3.63, 3.8) is 0 Å². The van der Waals surface area contributed by atoms with Gasteiger partial charge in [0.1, 0.15) is 30.5 Å². The number of hydrogen-bond donors (Lipinski definition) is 2. The van der Waals surface area contributed by atoms with E-state index >= 15 is 0 Å². The number of nitrogens with one attached hydrogen (secondary N) is 2.